The molecule has 4 heterocycles. The second-order valence-electron chi connectivity index (χ2n) is 4.55. The summed E-state index contributed by atoms with van der Waals surface area (Å²) in [4.78, 5) is 26.0. The van der Waals surface area contributed by atoms with Crippen LogP contribution in [-0.2, 0) is 9.47 Å². The first-order valence-electron chi connectivity index (χ1n) is 5.79. The van der Waals surface area contributed by atoms with Crippen LogP contribution >= 0.6 is 22.9 Å². The summed E-state index contributed by atoms with van der Waals surface area (Å²) in [5, 5.41) is 1.77. The molecule has 0 saturated carbocycles. The van der Waals surface area contributed by atoms with Crippen molar-refractivity contribution in [3.8, 4) is 0 Å². The van der Waals surface area contributed by atoms with E-state index >= 15 is 0 Å². The first kappa shape index (κ1) is 11.7. The first-order chi connectivity index (χ1) is 9.20. The van der Waals surface area contributed by atoms with Gasteiger partial charge >= 0.3 is 5.69 Å². The van der Waals surface area contributed by atoms with Gasteiger partial charge in [0.25, 0.3) is 5.56 Å². The van der Waals surface area contributed by atoms with Gasteiger partial charge in [-0.15, -0.1) is 22.9 Å². The highest BCUT2D eigenvalue weighted by atomic mass is 35.5. The van der Waals surface area contributed by atoms with Crippen molar-refractivity contribution in [3.05, 3.63) is 32.3 Å². The summed E-state index contributed by atoms with van der Waals surface area (Å²) in [5.74, 6) is 0.322. The van der Waals surface area contributed by atoms with E-state index in [1.807, 2.05) is 0 Å². The summed E-state index contributed by atoms with van der Waals surface area (Å²) < 4.78 is 13.2. The number of halogens is 1. The van der Waals surface area contributed by atoms with Gasteiger partial charge in [-0.2, -0.15) is 0 Å². The van der Waals surface area contributed by atoms with Gasteiger partial charge in [-0.25, -0.2) is 4.79 Å². The minimum Gasteiger partial charge on any atom is -0.362 e. The third kappa shape index (κ3) is 1.56. The van der Waals surface area contributed by atoms with Crippen molar-refractivity contribution in [3.63, 3.8) is 0 Å². The standard InChI is InChI=1S/C11H9ClN2O4S/c12-3-5-6-7(18-6)10(17-5)14-4-1-2-19-8(4)9(15)13-11(14)16/h1-2,5-7,10H,3H2,(H,13,15,16)/t5-,6+,7+,10-/m1/s1. The van der Waals surface area contributed by atoms with E-state index in [2.05, 4.69) is 4.98 Å². The maximum Gasteiger partial charge on any atom is 0.331 e. The van der Waals surface area contributed by atoms with Crippen LogP contribution in [0.3, 0.4) is 0 Å². The predicted octanol–water partition coefficient (Wildman–Crippen LogP) is 0.655. The zero-order valence-corrected chi connectivity index (χ0v) is 11.1. The number of nitrogens with zero attached hydrogens (tertiary/aromatic N) is 1. The molecule has 4 rings (SSSR count). The van der Waals surface area contributed by atoms with Crippen LogP contribution in [0.4, 0.5) is 0 Å². The molecule has 6 nitrogen and oxygen atoms in total. The molecule has 100 valence electrons. The molecule has 0 bridgehead atoms. The molecule has 19 heavy (non-hydrogen) atoms. The third-order valence-corrected chi connectivity index (χ3v) is 4.69. The number of fused-ring (bicyclic) bond motifs is 2. The Kier molecular flexibility index (Phi) is 2.41. The number of epoxide rings is 1. The van der Waals surface area contributed by atoms with Gasteiger partial charge in [0.2, 0.25) is 0 Å². The Morgan fingerprint density at radius 2 is 2.21 bits per heavy atom. The molecule has 4 atom stereocenters. The zero-order chi connectivity index (χ0) is 13.1. The average molecular weight is 301 g/mol. The van der Waals surface area contributed by atoms with Gasteiger partial charge in [-0.05, 0) is 11.4 Å². The molecule has 8 heteroatoms. The zero-order valence-electron chi connectivity index (χ0n) is 9.54. The monoisotopic (exact) mass is 300 g/mol. The van der Waals surface area contributed by atoms with Gasteiger partial charge in [0.1, 0.15) is 23.0 Å². The highest BCUT2D eigenvalue weighted by Gasteiger charge is 2.59. The van der Waals surface area contributed by atoms with Crippen molar-refractivity contribution < 1.29 is 9.47 Å². The van der Waals surface area contributed by atoms with Crippen LogP contribution in [0.2, 0.25) is 0 Å². The Balaban J connectivity index is 1.90. The molecule has 0 aromatic carbocycles. The van der Waals surface area contributed by atoms with Crippen molar-refractivity contribution in [2.75, 3.05) is 5.88 Å². The van der Waals surface area contributed by atoms with Crippen LogP contribution in [-0.4, -0.2) is 33.7 Å². The van der Waals surface area contributed by atoms with Crippen molar-refractivity contribution in [2.45, 2.75) is 24.5 Å². The Labute approximate surface area is 115 Å². The summed E-state index contributed by atoms with van der Waals surface area (Å²) in [6.07, 6.45) is -0.926. The van der Waals surface area contributed by atoms with Gasteiger partial charge in [0, 0.05) is 0 Å². The molecular weight excluding hydrogens is 292 g/mol. The second-order valence-corrected chi connectivity index (χ2v) is 5.77. The van der Waals surface area contributed by atoms with Crippen molar-refractivity contribution in [1.29, 1.82) is 0 Å². The van der Waals surface area contributed by atoms with Crippen LogP contribution in [0.5, 0.6) is 0 Å². The van der Waals surface area contributed by atoms with E-state index in [-0.39, 0.29) is 23.9 Å². The fourth-order valence-corrected chi connectivity index (χ4v) is 3.60. The predicted molar refractivity (Wildman–Crippen MR) is 70.0 cm³/mol. The van der Waals surface area contributed by atoms with Crippen LogP contribution in [0.25, 0.3) is 10.2 Å². The van der Waals surface area contributed by atoms with Crippen LogP contribution in [0.15, 0.2) is 21.0 Å². The maximum absolute atomic E-state index is 12.0. The molecule has 1 N–H and O–H groups in total. The lowest BCUT2D eigenvalue weighted by molar-refractivity contribution is -0.0571. The molecule has 2 saturated heterocycles. The highest BCUT2D eigenvalue weighted by Crippen LogP contribution is 2.45. The largest absolute Gasteiger partial charge is 0.362 e. The lowest BCUT2D eigenvalue weighted by atomic mass is 10.2. The van der Waals surface area contributed by atoms with E-state index in [4.69, 9.17) is 21.1 Å². The van der Waals surface area contributed by atoms with Crippen molar-refractivity contribution >= 4 is 33.2 Å². The molecule has 2 aromatic heterocycles. The molecule has 0 unspecified atom stereocenters. The third-order valence-electron chi connectivity index (χ3n) is 3.48. The van der Waals surface area contributed by atoms with E-state index in [0.717, 1.165) is 0 Å². The van der Waals surface area contributed by atoms with Gasteiger partial charge < -0.3 is 9.47 Å². The molecule has 0 aliphatic carbocycles. The number of ether oxygens (including phenoxy) is 2. The molecular formula is C11H9ClN2O4S. The summed E-state index contributed by atoms with van der Waals surface area (Å²) >= 11 is 7.09. The van der Waals surface area contributed by atoms with E-state index in [0.29, 0.717) is 16.1 Å². The molecule has 2 aromatic rings. The Morgan fingerprint density at radius 1 is 1.37 bits per heavy atom. The number of thiophene rings is 1. The number of hydrogen-bond donors (Lipinski definition) is 1. The maximum atomic E-state index is 12.0. The molecule has 0 amide bonds. The molecule has 2 fully saturated rings. The van der Waals surface area contributed by atoms with Crippen LogP contribution in [0, 0.1) is 0 Å². The first-order valence-corrected chi connectivity index (χ1v) is 7.21. The number of hydrogen-bond acceptors (Lipinski definition) is 5. The molecule has 2 aliphatic heterocycles. The summed E-state index contributed by atoms with van der Waals surface area (Å²) in [6, 6.07) is 1.74. The van der Waals surface area contributed by atoms with E-state index in [1.54, 1.807) is 11.4 Å². The number of rotatable bonds is 2. The summed E-state index contributed by atoms with van der Waals surface area (Å²) in [6.45, 7) is 0. The van der Waals surface area contributed by atoms with Gasteiger partial charge in [-0.3, -0.25) is 14.3 Å². The number of nitrogens with one attached hydrogen (secondary N) is 1. The fourth-order valence-electron chi connectivity index (χ4n) is 2.57. The van der Waals surface area contributed by atoms with Crippen LogP contribution < -0.4 is 11.2 Å². The van der Waals surface area contributed by atoms with Crippen molar-refractivity contribution in [2.24, 2.45) is 0 Å². The minimum absolute atomic E-state index is 0.0463. The number of aromatic nitrogens is 2. The van der Waals surface area contributed by atoms with E-state index in [1.165, 1.54) is 15.9 Å². The van der Waals surface area contributed by atoms with Crippen molar-refractivity contribution in [1.82, 2.24) is 9.55 Å². The normalized spacial score (nSPS) is 32.7. The van der Waals surface area contributed by atoms with E-state index < -0.39 is 11.9 Å². The van der Waals surface area contributed by atoms with Gasteiger partial charge in [0.05, 0.1) is 11.4 Å². The number of H-pyrrole nitrogens is 1. The number of alkyl halides is 1. The smallest absolute Gasteiger partial charge is 0.331 e. The Hall–Kier alpha value is -1.15. The fraction of sp³-hybridized carbons (Fsp3) is 0.455. The molecule has 0 spiro atoms. The number of aromatic amines is 1. The lowest BCUT2D eigenvalue weighted by Crippen LogP contribution is -2.34. The average Bonchev–Trinajstić information content (AvgIpc) is 2.87. The summed E-state index contributed by atoms with van der Waals surface area (Å²) in [5.41, 5.74) is -0.273. The topological polar surface area (TPSA) is 76.6 Å². The Bertz CT molecular complexity index is 766. The SMILES string of the molecule is O=c1[nH]c(=O)n([C@@H]2O[C@H](CCl)[C@@H]3O[C@@H]32)c2ccsc12. The van der Waals surface area contributed by atoms with E-state index in [9.17, 15) is 9.59 Å². The minimum atomic E-state index is -0.518. The van der Waals surface area contributed by atoms with Crippen LogP contribution in [0.1, 0.15) is 6.23 Å². The summed E-state index contributed by atoms with van der Waals surface area (Å²) in [7, 11) is 0. The van der Waals surface area contributed by atoms with Gasteiger partial charge in [0.15, 0.2) is 6.23 Å². The molecule has 2 aliphatic rings. The van der Waals surface area contributed by atoms with Gasteiger partial charge in [-0.1, -0.05) is 0 Å². The quantitative estimate of drug-likeness (QED) is 0.653. The highest BCUT2D eigenvalue weighted by molar-refractivity contribution is 7.17. The molecule has 0 radical (unpaired) electrons. The lowest BCUT2D eigenvalue weighted by Gasteiger charge is -2.18. The second kappa shape index (κ2) is 3.92. The Morgan fingerprint density at radius 3 is 2.95 bits per heavy atom.